The maximum Gasteiger partial charge on any atom is 0.220 e. The summed E-state index contributed by atoms with van der Waals surface area (Å²) in [5, 5.41) is 13.3. The molecule has 0 spiro atoms. The summed E-state index contributed by atoms with van der Waals surface area (Å²) >= 11 is 1.88. The fourth-order valence-corrected chi connectivity index (χ4v) is 5.59. The lowest BCUT2D eigenvalue weighted by molar-refractivity contribution is -0.121. The van der Waals surface area contributed by atoms with E-state index in [-0.39, 0.29) is 11.9 Å². The van der Waals surface area contributed by atoms with Crippen molar-refractivity contribution in [2.45, 2.75) is 45.3 Å². The van der Waals surface area contributed by atoms with Gasteiger partial charge in [0.15, 0.2) is 5.82 Å². The molecule has 33 heavy (non-hydrogen) atoms. The molecule has 2 aromatic carbocycles. The van der Waals surface area contributed by atoms with Gasteiger partial charge in [0.1, 0.15) is 5.82 Å². The molecule has 1 aliphatic heterocycles. The molecule has 1 aliphatic rings. The summed E-state index contributed by atoms with van der Waals surface area (Å²) in [5.41, 5.74) is 1.18. The van der Waals surface area contributed by atoms with E-state index in [1.54, 1.807) is 0 Å². The number of hydrogen-bond donors (Lipinski definition) is 1. The molecule has 1 atom stereocenters. The molecule has 1 amide bonds. The van der Waals surface area contributed by atoms with Crippen LogP contribution in [0.1, 0.15) is 41.5 Å². The van der Waals surface area contributed by atoms with Crippen LogP contribution < -0.4 is 5.32 Å². The van der Waals surface area contributed by atoms with Crippen LogP contribution in [-0.2, 0) is 30.7 Å². The monoisotopic (exact) mass is 459 g/mol. The summed E-state index contributed by atoms with van der Waals surface area (Å²) in [7, 11) is 0. The number of fused-ring (bicyclic) bond motifs is 2. The fourth-order valence-electron chi connectivity index (χ4n) is 4.48. The van der Waals surface area contributed by atoms with Crippen molar-refractivity contribution in [3.05, 3.63) is 82.8 Å². The molecule has 0 fully saturated rings. The third-order valence-corrected chi connectivity index (χ3v) is 7.35. The Balaban J connectivity index is 1.18. The number of carbonyl (C=O) groups is 1. The molecule has 0 aliphatic carbocycles. The van der Waals surface area contributed by atoms with E-state index in [4.69, 9.17) is 0 Å². The van der Waals surface area contributed by atoms with E-state index in [0.29, 0.717) is 6.42 Å². The van der Waals surface area contributed by atoms with E-state index in [9.17, 15) is 4.79 Å². The molecule has 0 radical (unpaired) electrons. The number of hydrogen-bond acceptors (Lipinski definition) is 5. The number of nitrogens with zero attached hydrogens (tertiary/aromatic N) is 4. The predicted molar refractivity (Wildman–Crippen MR) is 132 cm³/mol. The molecule has 5 rings (SSSR count). The third kappa shape index (κ3) is 5.15. The smallest absolute Gasteiger partial charge is 0.220 e. The topological polar surface area (TPSA) is 63.1 Å². The molecule has 4 aromatic rings. The van der Waals surface area contributed by atoms with Crippen LogP contribution in [0.4, 0.5) is 0 Å². The Morgan fingerprint density at radius 1 is 1.06 bits per heavy atom. The number of rotatable bonds is 7. The van der Waals surface area contributed by atoms with Gasteiger partial charge in [-0.3, -0.25) is 9.69 Å². The van der Waals surface area contributed by atoms with Crippen molar-refractivity contribution in [1.82, 2.24) is 25.0 Å². The second kappa shape index (κ2) is 9.85. The van der Waals surface area contributed by atoms with Gasteiger partial charge in [0.25, 0.3) is 0 Å². The zero-order chi connectivity index (χ0) is 22.6. The van der Waals surface area contributed by atoms with Gasteiger partial charge in [-0.05, 0) is 36.4 Å². The van der Waals surface area contributed by atoms with Crippen LogP contribution in [0.25, 0.3) is 10.1 Å². The molecule has 7 heteroatoms. The molecular weight excluding hydrogens is 430 g/mol. The highest BCUT2D eigenvalue weighted by Crippen LogP contribution is 2.27. The quantitative estimate of drug-likeness (QED) is 0.446. The molecule has 6 nitrogen and oxygen atoms in total. The van der Waals surface area contributed by atoms with Crippen molar-refractivity contribution in [2.75, 3.05) is 13.1 Å². The van der Waals surface area contributed by atoms with Crippen LogP contribution in [0.15, 0.2) is 60.7 Å². The third-order valence-electron chi connectivity index (χ3n) is 6.25. The molecular formula is C26H29N5OS. The Morgan fingerprint density at radius 3 is 2.73 bits per heavy atom. The van der Waals surface area contributed by atoms with Gasteiger partial charge < -0.3 is 9.88 Å². The van der Waals surface area contributed by atoms with E-state index in [1.165, 1.54) is 20.5 Å². The zero-order valence-electron chi connectivity index (χ0n) is 18.9. The Morgan fingerprint density at radius 2 is 1.88 bits per heavy atom. The van der Waals surface area contributed by atoms with Crippen LogP contribution >= 0.6 is 11.3 Å². The lowest BCUT2D eigenvalue weighted by atomic mass is 10.1. The molecule has 0 bridgehead atoms. The molecule has 2 aromatic heterocycles. The Labute approximate surface area is 198 Å². The minimum absolute atomic E-state index is 0.0451. The molecule has 0 unspecified atom stereocenters. The highest BCUT2D eigenvalue weighted by atomic mass is 32.1. The first-order valence-electron chi connectivity index (χ1n) is 11.6. The van der Waals surface area contributed by atoms with Gasteiger partial charge in [-0.1, -0.05) is 48.5 Å². The number of thiophene rings is 1. The van der Waals surface area contributed by atoms with Crippen molar-refractivity contribution < 1.29 is 4.79 Å². The first-order valence-corrected chi connectivity index (χ1v) is 12.4. The van der Waals surface area contributed by atoms with Crippen molar-refractivity contribution in [3.63, 3.8) is 0 Å². The average Bonchev–Trinajstić information content (AvgIpc) is 3.38. The summed E-state index contributed by atoms with van der Waals surface area (Å²) < 4.78 is 3.55. The Bertz CT molecular complexity index is 1200. The van der Waals surface area contributed by atoms with E-state index in [1.807, 2.05) is 36.5 Å². The second-order valence-electron chi connectivity index (χ2n) is 8.68. The van der Waals surface area contributed by atoms with Crippen LogP contribution in [0.3, 0.4) is 0 Å². The molecule has 0 saturated heterocycles. The minimum atomic E-state index is -0.163. The number of benzene rings is 2. The highest BCUT2D eigenvalue weighted by Gasteiger charge is 2.23. The molecule has 0 saturated carbocycles. The Hall–Kier alpha value is -3.03. The first-order chi connectivity index (χ1) is 16.2. The highest BCUT2D eigenvalue weighted by molar-refractivity contribution is 7.19. The largest absolute Gasteiger partial charge is 0.346 e. The minimum Gasteiger partial charge on any atom is -0.346 e. The summed E-state index contributed by atoms with van der Waals surface area (Å²) in [6, 6.07) is 20.8. The van der Waals surface area contributed by atoms with Crippen LogP contribution in [0.5, 0.6) is 0 Å². The lowest BCUT2D eigenvalue weighted by Crippen LogP contribution is -2.30. The van der Waals surface area contributed by atoms with Gasteiger partial charge in [-0.15, -0.1) is 21.5 Å². The average molecular weight is 460 g/mol. The van der Waals surface area contributed by atoms with E-state index in [0.717, 1.165) is 50.7 Å². The predicted octanol–water partition coefficient (Wildman–Crippen LogP) is 4.36. The standard InChI is InChI=1S/C26H29N5OS/c1-19(27-25(32)12-11-20-7-3-2-4-8-20)26-29-28-24-13-14-30(15-16-31(24)26)18-22-17-21-9-5-6-10-23(21)33-22/h2-10,17,19H,11-16,18H2,1H3,(H,27,32)/t19-/m0/s1. The fraction of sp³-hybridized carbons (Fsp3) is 0.346. The van der Waals surface area contributed by atoms with Crippen molar-refractivity contribution >= 4 is 27.3 Å². The molecule has 170 valence electrons. The van der Waals surface area contributed by atoms with E-state index < -0.39 is 0 Å². The summed E-state index contributed by atoms with van der Waals surface area (Å²) in [4.78, 5) is 16.4. The maximum atomic E-state index is 12.5. The summed E-state index contributed by atoms with van der Waals surface area (Å²) in [5.74, 6) is 1.90. The van der Waals surface area contributed by atoms with Gasteiger partial charge in [0.2, 0.25) is 5.91 Å². The number of aryl methyl sites for hydroxylation is 1. The Kier molecular flexibility index (Phi) is 6.51. The summed E-state index contributed by atoms with van der Waals surface area (Å²) in [6.45, 7) is 5.70. The van der Waals surface area contributed by atoms with Gasteiger partial charge in [0, 0.05) is 48.6 Å². The van der Waals surface area contributed by atoms with E-state index >= 15 is 0 Å². The maximum absolute atomic E-state index is 12.5. The normalized spacial score (nSPS) is 15.2. The number of amides is 1. The van der Waals surface area contributed by atoms with Gasteiger partial charge in [-0.2, -0.15) is 0 Å². The van der Waals surface area contributed by atoms with E-state index in [2.05, 4.69) is 67.4 Å². The number of nitrogens with one attached hydrogen (secondary N) is 1. The first kappa shape index (κ1) is 21.8. The van der Waals surface area contributed by atoms with Crippen molar-refractivity contribution in [2.24, 2.45) is 0 Å². The van der Waals surface area contributed by atoms with Crippen LogP contribution in [-0.4, -0.2) is 38.7 Å². The SMILES string of the molecule is C[C@H](NC(=O)CCc1ccccc1)c1nnc2n1CCN(Cc1cc3ccccc3s1)CC2. The van der Waals surface area contributed by atoms with Gasteiger partial charge in [-0.25, -0.2) is 0 Å². The van der Waals surface area contributed by atoms with Crippen LogP contribution in [0, 0.1) is 0 Å². The second-order valence-corrected chi connectivity index (χ2v) is 9.85. The summed E-state index contributed by atoms with van der Waals surface area (Å²) in [6.07, 6.45) is 2.08. The zero-order valence-corrected chi connectivity index (χ0v) is 19.7. The van der Waals surface area contributed by atoms with Gasteiger partial charge >= 0.3 is 0 Å². The molecule has 3 heterocycles. The van der Waals surface area contributed by atoms with Crippen molar-refractivity contribution in [3.8, 4) is 0 Å². The van der Waals surface area contributed by atoms with Crippen molar-refractivity contribution in [1.29, 1.82) is 0 Å². The number of carbonyl (C=O) groups excluding carboxylic acids is 1. The lowest BCUT2D eigenvalue weighted by Gasteiger charge is -2.19. The van der Waals surface area contributed by atoms with Gasteiger partial charge in [0.05, 0.1) is 6.04 Å². The number of aromatic nitrogens is 3. The van der Waals surface area contributed by atoms with Crippen LogP contribution in [0.2, 0.25) is 0 Å². The molecule has 1 N–H and O–H groups in total.